The van der Waals surface area contributed by atoms with Gasteiger partial charge in [0.25, 0.3) is 0 Å². The van der Waals surface area contributed by atoms with E-state index in [1.54, 1.807) is 7.11 Å². The van der Waals surface area contributed by atoms with Gasteiger partial charge in [0.1, 0.15) is 5.75 Å². The van der Waals surface area contributed by atoms with Gasteiger partial charge in [-0.25, -0.2) is 0 Å². The van der Waals surface area contributed by atoms with E-state index < -0.39 is 8.07 Å². The number of aliphatic hydroxyl groups is 1. The molecule has 2 amide bonds. The molecule has 0 bridgehead atoms. The highest BCUT2D eigenvalue weighted by Gasteiger charge is 2.51. The van der Waals surface area contributed by atoms with Crippen LogP contribution < -0.4 is 20.1 Å². The van der Waals surface area contributed by atoms with Crippen molar-refractivity contribution in [2.75, 3.05) is 38.3 Å². The fourth-order valence-electron chi connectivity index (χ4n) is 8.24. The van der Waals surface area contributed by atoms with Gasteiger partial charge >= 0.3 is 0 Å². The molecular formula is C38H49N3O5Si. The van der Waals surface area contributed by atoms with E-state index in [4.69, 9.17) is 9.47 Å². The van der Waals surface area contributed by atoms with Crippen molar-refractivity contribution in [2.24, 2.45) is 5.92 Å². The third kappa shape index (κ3) is 7.04. The second kappa shape index (κ2) is 14.3. The highest BCUT2D eigenvalue weighted by atomic mass is 28.3. The molecule has 47 heavy (non-hydrogen) atoms. The Labute approximate surface area is 280 Å². The zero-order valence-electron chi connectivity index (χ0n) is 28.2. The van der Waals surface area contributed by atoms with Crippen molar-refractivity contribution < 1.29 is 24.2 Å². The molecule has 5 atom stereocenters. The quantitative estimate of drug-likeness (QED) is 0.317. The summed E-state index contributed by atoms with van der Waals surface area (Å²) in [7, 11) is -0.460. The second-order valence-corrected chi connectivity index (χ2v) is 18.7. The van der Waals surface area contributed by atoms with Crippen LogP contribution >= 0.6 is 0 Å². The number of nitrogens with one attached hydrogen (secondary N) is 1. The maximum atomic E-state index is 14.1. The molecule has 250 valence electrons. The van der Waals surface area contributed by atoms with Crippen LogP contribution in [0.25, 0.3) is 0 Å². The third-order valence-electron chi connectivity index (χ3n) is 10.9. The molecule has 0 spiro atoms. The topological polar surface area (TPSA) is 91.3 Å². The number of methoxy groups -OCH3 is 1. The standard InChI is InChI=1S/C38H49N3O5Si/c1-26-34(17-12-27-8-7-11-30(20-27)40-19-18-39-23-37(40)44)46-35(38(26)47(3,4)33-15-13-32(45-2)14-16-33)22-36(43)41-24-29-10-6-5-9-28(29)21-31(41)25-42/h5-11,13-16,20,26,31,34-35,38-39,42H,12,17-19,21-25H2,1-4H3/t26-,31-,34+,35-,38+/m0/s1. The highest BCUT2D eigenvalue weighted by Crippen LogP contribution is 2.47. The number of nitrogens with zero attached hydrogens (tertiary/aromatic N) is 2. The van der Waals surface area contributed by atoms with Crippen molar-refractivity contribution in [3.8, 4) is 5.75 Å². The number of benzene rings is 3. The van der Waals surface area contributed by atoms with E-state index in [9.17, 15) is 14.7 Å². The maximum Gasteiger partial charge on any atom is 0.240 e. The number of hydrogen-bond donors (Lipinski definition) is 2. The van der Waals surface area contributed by atoms with Crippen LogP contribution in [0.1, 0.15) is 36.5 Å². The zero-order chi connectivity index (χ0) is 33.1. The molecule has 0 unspecified atom stereocenters. The molecule has 3 aromatic carbocycles. The number of anilines is 1. The Morgan fingerprint density at radius 3 is 2.53 bits per heavy atom. The minimum atomic E-state index is -2.15. The van der Waals surface area contributed by atoms with Gasteiger partial charge in [0, 0.05) is 25.3 Å². The lowest BCUT2D eigenvalue weighted by Gasteiger charge is -2.39. The molecule has 0 saturated carbocycles. The van der Waals surface area contributed by atoms with Gasteiger partial charge in [-0.1, -0.05) is 73.7 Å². The summed E-state index contributed by atoms with van der Waals surface area (Å²) in [6.45, 7) is 9.41. The summed E-state index contributed by atoms with van der Waals surface area (Å²) >= 11 is 0. The molecule has 0 radical (unpaired) electrons. The van der Waals surface area contributed by atoms with E-state index in [1.165, 1.54) is 16.3 Å². The summed E-state index contributed by atoms with van der Waals surface area (Å²) in [5.74, 6) is 1.24. The van der Waals surface area contributed by atoms with Crippen molar-refractivity contribution in [2.45, 2.75) is 76.0 Å². The Hall–Kier alpha value is -3.50. The van der Waals surface area contributed by atoms with Crippen LogP contribution in [-0.4, -0.2) is 81.5 Å². The van der Waals surface area contributed by atoms with E-state index in [-0.39, 0.29) is 48.1 Å². The Balaban J connectivity index is 1.23. The first kappa shape index (κ1) is 33.4. The van der Waals surface area contributed by atoms with Crippen molar-refractivity contribution in [1.82, 2.24) is 10.2 Å². The number of ether oxygens (including phenoxy) is 2. The fraction of sp³-hybridized carbons (Fsp3) is 0.474. The van der Waals surface area contributed by atoms with Crippen molar-refractivity contribution in [3.05, 3.63) is 89.5 Å². The lowest BCUT2D eigenvalue weighted by molar-refractivity contribution is -0.138. The average Bonchev–Trinajstić information content (AvgIpc) is 3.41. The molecule has 2 saturated heterocycles. The largest absolute Gasteiger partial charge is 0.497 e. The molecule has 8 nitrogen and oxygen atoms in total. The van der Waals surface area contributed by atoms with Gasteiger partial charge in [-0.2, -0.15) is 0 Å². The number of aryl methyl sites for hydroxylation is 1. The lowest BCUT2D eigenvalue weighted by atomic mass is 9.93. The van der Waals surface area contributed by atoms with Crippen LogP contribution in [0.3, 0.4) is 0 Å². The third-order valence-corrected chi connectivity index (χ3v) is 15.2. The number of fused-ring (bicyclic) bond motifs is 1. The van der Waals surface area contributed by atoms with Crippen LogP contribution in [-0.2, 0) is 33.7 Å². The molecule has 9 heteroatoms. The normalized spacial score (nSPS) is 24.7. The zero-order valence-corrected chi connectivity index (χ0v) is 29.2. The van der Waals surface area contributed by atoms with Gasteiger partial charge < -0.3 is 29.7 Å². The Kier molecular flexibility index (Phi) is 10.2. The predicted octanol–water partition coefficient (Wildman–Crippen LogP) is 4.29. The molecule has 2 N–H and O–H groups in total. The number of rotatable bonds is 10. The summed E-state index contributed by atoms with van der Waals surface area (Å²) in [4.78, 5) is 30.4. The molecule has 3 heterocycles. The minimum absolute atomic E-state index is 0.00280. The maximum absolute atomic E-state index is 14.1. The van der Waals surface area contributed by atoms with Crippen molar-refractivity contribution >= 4 is 30.8 Å². The van der Waals surface area contributed by atoms with E-state index in [0.717, 1.165) is 36.4 Å². The molecule has 2 fully saturated rings. The number of carbonyl (C=O) groups is 2. The molecule has 3 aromatic rings. The van der Waals surface area contributed by atoms with Gasteiger partial charge in [-0.05, 0) is 71.7 Å². The smallest absolute Gasteiger partial charge is 0.240 e. The van der Waals surface area contributed by atoms with Gasteiger partial charge in [-0.15, -0.1) is 0 Å². The van der Waals surface area contributed by atoms with Crippen LogP contribution in [0.5, 0.6) is 5.75 Å². The molecule has 3 aliphatic heterocycles. The molecular weight excluding hydrogens is 607 g/mol. The minimum Gasteiger partial charge on any atom is -0.497 e. The SMILES string of the molecule is COc1ccc([Si](C)(C)[C@@H]2[C@@H](C)[C@@H](CCc3cccc(N4CCNCC4=O)c3)O[C@H]2CC(=O)N2Cc3ccccc3C[C@H]2CO)cc1. The highest BCUT2D eigenvalue weighted by molar-refractivity contribution is 6.91. The predicted molar refractivity (Wildman–Crippen MR) is 188 cm³/mol. The summed E-state index contributed by atoms with van der Waals surface area (Å²) in [5, 5.41) is 14.8. The monoisotopic (exact) mass is 655 g/mol. The van der Waals surface area contributed by atoms with Crippen molar-refractivity contribution in [1.29, 1.82) is 0 Å². The van der Waals surface area contributed by atoms with Crippen LogP contribution in [0.4, 0.5) is 5.69 Å². The van der Waals surface area contributed by atoms with Gasteiger partial charge in [0.05, 0.1) is 53.0 Å². The van der Waals surface area contributed by atoms with E-state index in [0.29, 0.717) is 32.5 Å². The molecule has 6 rings (SSSR count). The number of carbonyl (C=O) groups excluding carboxylic acids is 2. The summed E-state index contributed by atoms with van der Waals surface area (Å²) in [5.41, 5.74) is 4.71. The van der Waals surface area contributed by atoms with Crippen LogP contribution in [0.15, 0.2) is 72.8 Å². The van der Waals surface area contributed by atoms with Crippen molar-refractivity contribution in [3.63, 3.8) is 0 Å². The first-order valence-electron chi connectivity index (χ1n) is 17.1. The first-order chi connectivity index (χ1) is 22.7. The first-order valence-corrected chi connectivity index (χ1v) is 20.1. The molecule has 0 aliphatic carbocycles. The van der Waals surface area contributed by atoms with Gasteiger partial charge in [0.2, 0.25) is 11.8 Å². The van der Waals surface area contributed by atoms with Gasteiger partial charge in [0.15, 0.2) is 0 Å². The van der Waals surface area contributed by atoms with Crippen LogP contribution in [0, 0.1) is 5.92 Å². The van der Waals surface area contributed by atoms with Gasteiger partial charge in [-0.3, -0.25) is 9.59 Å². The summed E-state index contributed by atoms with van der Waals surface area (Å²) in [6.07, 6.45) is 2.42. The van der Waals surface area contributed by atoms with E-state index in [1.807, 2.05) is 46.2 Å². The Morgan fingerprint density at radius 1 is 1.04 bits per heavy atom. The summed E-state index contributed by atoms with van der Waals surface area (Å²) < 4.78 is 12.4. The second-order valence-electron chi connectivity index (χ2n) is 14.0. The molecule has 3 aliphatic rings. The average molecular weight is 656 g/mol. The Bertz CT molecular complexity index is 1560. The van der Waals surface area contributed by atoms with Crippen LogP contribution in [0.2, 0.25) is 18.6 Å². The number of amides is 2. The van der Waals surface area contributed by atoms with E-state index in [2.05, 4.69) is 61.7 Å². The van der Waals surface area contributed by atoms with E-state index >= 15 is 0 Å². The number of aliphatic hydroxyl groups excluding tert-OH is 1. The lowest BCUT2D eigenvalue weighted by Crippen LogP contribution is -2.52. The number of hydrogen-bond acceptors (Lipinski definition) is 6. The summed E-state index contributed by atoms with van der Waals surface area (Å²) in [6, 6.07) is 24.8. The Morgan fingerprint density at radius 2 is 1.81 bits per heavy atom. The molecule has 0 aromatic heterocycles. The fourth-order valence-corrected chi connectivity index (χ4v) is 12.3. The number of piperazine rings is 1.